The van der Waals surface area contributed by atoms with Crippen LogP contribution in [0.25, 0.3) is 0 Å². The van der Waals surface area contributed by atoms with E-state index in [1.807, 2.05) is 12.1 Å². The molecule has 0 bridgehead atoms. The van der Waals surface area contributed by atoms with E-state index < -0.39 is 23.8 Å². The fraction of sp³-hybridized carbons (Fsp3) is 0.115. The first-order valence-corrected chi connectivity index (χ1v) is 10.7. The topological polar surface area (TPSA) is 105 Å². The number of furan rings is 2. The van der Waals surface area contributed by atoms with Crippen LogP contribution in [-0.2, 0) is 16.1 Å². The van der Waals surface area contributed by atoms with Gasteiger partial charge in [0.1, 0.15) is 11.8 Å². The molecule has 0 aliphatic rings. The van der Waals surface area contributed by atoms with Gasteiger partial charge < -0.3 is 19.5 Å². The van der Waals surface area contributed by atoms with Crippen LogP contribution in [0.15, 0.2) is 106 Å². The summed E-state index contributed by atoms with van der Waals surface area (Å²) in [6.07, 6.45) is 2.90. The Morgan fingerprint density at radius 3 is 2.09 bits per heavy atom. The van der Waals surface area contributed by atoms with Gasteiger partial charge in [0, 0.05) is 5.69 Å². The van der Waals surface area contributed by atoms with Gasteiger partial charge in [-0.05, 0) is 42.0 Å². The molecule has 4 rings (SSSR count). The number of para-hydroxylation sites is 1. The molecule has 172 valence electrons. The zero-order valence-corrected chi connectivity index (χ0v) is 18.2. The number of hydrogen-bond acceptors (Lipinski definition) is 5. The predicted molar refractivity (Wildman–Crippen MR) is 125 cm³/mol. The van der Waals surface area contributed by atoms with Crippen molar-refractivity contribution in [1.29, 1.82) is 0 Å². The molecule has 2 N–H and O–H groups in total. The first-order chi connectivity index (χ1) is 16.6. The lowest BCUT2D eigenvalue weighted by atomic mass is 10.0. The third-order valence-corrected chi connectivity index (χ3v) is 5.09. The van der Waals surface area contributed by atoms with Crippen molar-refractivity contribution < 1.29 is 23.2 Å². The summed E-state index contributed by atoms with van der Waals surface area (Å²) >= 11 is 0. The molecule has 2 aromatic carbocycles. The van der Waals surface area contributed by atoms with Gasteiger partial charge in [-0.3, -0.25) is 19.3 Å². The first kappa shape index (κ1) is 22.6. The maximum absolute atomic E-state index is 13.5. The Balaban J connectivity index is 1.63. The highest BCUT2D eigenvalue weighted by molar-refractivity contribution is 6.04. The van der Waals surface area contributed by atoms with Gasteiger partial charge in [-0.15, -0.1) is 0 Å². The van der Waals surface area contributed by atoms with E-state index in [0.717, 1.165) is 0 Å². The molecule has 2 heterocycles. The minimum atomic E-state index is -0.980. The van der Waals surface area contributed by atoms with E-state index in [4.69, 9.17) is 8.83 Å². The van der Waals surface area contributed by atoms with E-state index in [9.17, 15) is 14.4 Å². The number of nitrogens with one attached hydrogen (secondary N) is 2. The summed E-state index contributed by atoms with van der Waals surface area (Å²) in [5.74, 6) is -0.700. The minimum absolute atomic E-state index is 0.0925. The van der Waals surface area contributed by atoms with Crippen LogP contribution < -0.4 is 15.5 Å². The van der Waals surface area contributed by atoms with Gasteiger partial charge in [0.25, 0.3) is 5.91 Å². The average Bonchev–Trinajstić information content (AvgIpc) is 3.60. The van der Waals surface area contributed by atoms with Gasteiger partial charge in [-0.1, -0.05) is 48.5 Å². The van der Waals surface area contributed by atoms with Gasteiger partial charge in [0.2, 0.25) is 11.8 Å². The van der Waals surface area contributed by atoms with E-state index in [1.54, 1.807) is 66.7 Å². The van der Waals surface area contributed by atoms with E-state index in [2.05, 4.69) is 10.6 Å². The fourth-order valence-corrected chi connectivity index (χ4v) is 3.50. The van der Waals surface area contributed by atoms with E-state index in [1.165, 1.54) is 23.5 Å². The Hall–Kier alpha value is -4.59. The molecule has 0 radical (unpaired) electrons. The van der Waals surface area contributed by atoms with E-state index in [0.29, 0.717) is 17.0 Å². The monoisotopic (exact) mass is 457 g/mol. The SMILES string of the molecule is O=C(NCC(=O)N(c1ccccc1)[C@H](C(=O)NCc1ccco1)c1ccccc1)c1ccco1. The lowest BCUT2D eigenvalue weighted by Crippen LogP contribution is -2.47. The minimum Gasteiger partial charge on any atom is -0.467 e. The molecule has 3 amide bonds. The molecule has 0 aliphatic carbocycles. The van der Waals surface area contributed by atoms with Crippen LogP contribution in [0.5, 0.6) is 0 Å². The zero-order valence-electron chi connectivity index (χ0n) is 18.2. The Morgan fingerprint density at radius 1 is 0.765 bits per heavy atom. The van der Waals surface area contributed by atoms with Crippen molar-refractivity contribution in [3.8, 4) is 0 Å². The number of anilines is 1. The average molecular weight is 457 g/mol. The summed E-state index contributed by atoms with van der Waals surface area (Å²) in [7, 11) is 0. The van der Waals surface area contributed by atoms with Crippen molar-refractivity contribution in [2.75, 3.05) is 11.4 Å². The lowest BCUT2D eigenvalue weighted by Gasteiger charge is -2.31. The number of benzene rings is 2. The number of carbonyl (C=O) groups is 3. The normalized spacial score (nSPS) is 11.4. The lowest BCUT2D eigenvalue weighted by molar-refractivity contribution is -0.126. The molecular formula is C26H23N3O5. The van der Waals surface area contributed by atoms with Crippen LogP contribution >= 0.6 is 0 Å². The molecule has 0 saturated heterocycles. The van der Waals surface area contributed by atoms with Gasteiger partial charge >= 0.3 is 0 Å². The quantitative estimate of drug-likeness (QED) is 0.399. The predicted octanol–water partition coefficient (Wildman–Crippen LogP) is 3.69. The fourth-order valence-electron chi connectivity index (χ4n) is 3.50. The van der Waals surface area contributed by atoms with Crippen LogP contribution in [0.3, 0.4) is 0 Å². The molecule has 0 saturated carbocycles. The van der Waals surface area contributed by atoms with Gasteiger partial charge in [0.05, 0.1) is 25.6 Å². The maximum Gasteiger partial charge on any atom is 0.287 e. The summed E-state index contributed by atoms with van der Waals surface area (Å²) in [6.45, 7) is -0.162. The molecule has 0 fully saturated rings. The Labute approximate surface area is 196 Å². The Morgan fingerprint density at radius 2 is 1.44 bits per heavy atom. The van der Waals surface area contributed by atoms with Crippen LogP contribution in [0, 0.1) is 0 Å². The van der Waals surface area contributed by atoms with Gasteiger partial charge in [0.15, 0.2) is 5.76 Å². The highest BCUT2D eigenvalue weighted by Crippen LogP contribution is 2.28. The number of carbonyl (C=O) groups excluding carboxylic acids is 3. The van der Waals surface area contributed by atoms with E-state index >= 15 is 0 Å². The number of nitrogens with zero attached hydrogens (tertiary/aromatic N) is 1. The number of rotatable bonds is 9. The Bertz CT molecular complexity index is 1210. The van der Waals surface area contributed by atoms with Crippen molar-refractivity contribution >= 4 is 23.4 Å². The molecule has 1 atom stereocenters. The summed E-state index contributed by atoms with van der Waals surface area (Å²) in [5.41, 5.74) is 1.13. The van der Waals surface area contributed by atoms with Crippen molar-refractivity contribution in [3.05, 3.63) is 115 Å². The molecule has 0 unspecified atom stereocenters. The number of amides is 3. The second-order valence-corrected chi connectivity index (χ2v) is 7.37. The summed E-state index contributed by atoms with van der Waals surface area (Å²) in [6, 6.07) is 23.4. The summed E-state index contributed by atoms with van der Waals surface area (Å²) < 4.78 is 10.4. The van der Waals surface area contributed by atoms with E-state index in [-0.39, 0.29) is 18.8 Å². The molecule has 8 heteroatoms. The second-order valence-electron chi connectivity index (χ2n) is 7.37. The third kappa shape index (κ3) is 5.42. The van der Waals surface area contributed by atoms with Crippen molar-refractivity contribution in [3.63, 3.8) is 0 Å². The largest absolute Gasteiger partial charge is 0.467 e. The van der Waals surface area contributed by atoms with Crippen molar-refractivity contribution in [2.45, 2.75) is 12.6 Å². The van der Waals surface area contributed by atoms with Crippen molar-refractivity contribution in [2.24, 2.45) is 0 Å². The number of hydrogen-bond donors (Lipinski definition) is 2. The molecule has 4 aromatic rings. The molecule has 8 nitrogen and oxygen atoms in total. The van der Waals surface area contributed by atoms with Gasteiger partial charge in [-0.2, -0.15) is 0 Å². The second kappa shape index (κ2) is 10.8. The first-order valence-electron chi connectivity index (χ1n) is 10.7. The molecular weight excluding hydrogens is 434 g/mol. The highest BCUT2D eigenvalue weighted by atomic mass is 16.3. The standard InChI is InChI=1S/C26H23N3O5/c30-23(18-28-25(31)22-14-8-16-34-22)29(20-11-5-2-6-12-20)24(19-9-3-1-4-10-19)26(32)27-17-21-13-7-15-33-21/h1-16,24H,17-18H2,(H,27,32)(H,28,31)/t24-/m0/s1. The zero-order chi connectivity index (χ0) is 23.8. The maximum atomic E-state index is 13.5. The highest BCUT2D eigenvalue weighted by Gasteiger charge is 2.32. The van der Waals surface area contributed by atoms with Gasteiger partial charge in [-0.25, -0.2) is 0 Å². The molecule has 34 heavy (non-hydrogen) atoms. The van der Waals surface area contributed by atoms with Crippen molar-refractivity contribution in [1.82, 2.24) is 10.6 Å². The molecule has 0 aliphatic heterocycles. The Kier molecular flexibility index (Phi) is 7.19. The van der Waals surface area contributed by atoms with Crippen LogP contribution in [0.1, 0.15) is 27.9 Å². The smallest absolute Gasteiger partial charge is 0.287 e. The van der Waals surface area contributed by atoms with Crippen LogP contribution in [0.4, 0.5) is 5.69 Å². The molecule has 0 spiro atoms. The third-order valence-electron chi connectivity index (χ3n) is 5.09. The van der Waals surface area contributed by atoms with Crippen LogP contribution in [0.2, 0.25) is 0 Å². The molecule has 2 aromatic heterocycles. The summed E-state index contributed by atoms with van der Waals surface area (Å²) in [5, 5.41) is 5.41. The van der Waals surface area contributed by atoms with Crippen LogP contribution in [-0.4, -0.2) is 24.3 Å². The summed E-state index contributed by atoms with van der Waals surface area (Å²) in [4.78, 5) is 40.6.